The van der Waals surface area contributed by atoms with Gasteiger partial charge in [0.15, 0.2) is 0 Å². The summed E-state index contributed by atoms with van der Waals surface area (Å²) in [6.07, 6.45) is -5.08. The molecular formula is C11H8Cl2F3NO3. The topological polar surface area (TPSA) is 55.4 Å². The summed E-state index contributed by atoms with van der Waals surface area (Å²) in [5, 5.41) is 0.922. The minimum Gasteiger partial charge on any atom is -0.462 e. The van der Waals surface area contributed by atoms with Gasteiger partial charge in [0.1, 0.15) is 0 Å². The van der Waals surface area contributed by atoms with Gasteiger partial charge in [-0.15, -0.1) is 0 Å². The fraction of sp³-hybridized carbons (Fsp3) is 0.273. The first-order valence-corrected chi connectivity index (χ1v) is 5.96. The number of alkyl halides is 3. The lowest BCUT2D eigenvalue weighted by molar-refractivity contribution is -0.167. The molecule has 0 bridgehead atoms. The second-order valence-corrected chi connectivity index (χ2v) is 4.30. The first-order valence-electron chi connectivity index (χ1n) is 5.21. The summed E-state index contributed by atoms with van der Waals surface area (Å²) >= 11 is 11.4. The van der Waals surface area contributed by atoms with E-state index in [4.69, 9.17) is 23.2 Å². The maximum atomic E-state index is 12.1. The van der Waals surface area contributed by atoms with Crippen LogP contribution in [0, 0.1) is 0 Å². The van der Waals surface area contributed by atoms with E-state index in [2.05, 4.69) is 4.74 Å². The Bertz CT molecular complexity index is 523. The minimum atomic E-state index is -5.08. The van der Waals surface area contributed by atoms with E-state index in [9.17, 15) is 22.8 Å². The highest BCUT2D eigenvalue weighted by Crippen LogP contribution is 2.33. The highest BCUT2D eigenvalue weighted by molar-refractivity contribution is 6.40. The van der Waals surface area contributed by atoms with Crippen molar-refractivity contribution in [3.8, 4) is 0 Å². The number of nitrogens with one attached hydrogen (secondary N) is 1. The molecule has 9 heteroatoms. The molecule has 0 atom stereocenters. The second-order valence-electron chi connectivity index (χ2n) is 3.49. The van der Waals surface area contributed by atoms with Gasteiger partial charge in [-0.3, -0.25) is 4.79 Å². The molecule has 0 aromatic heterocycles. The van der Waals surface area contributed by atoms with Crippen LogP contribution in [-0.2, 0) is 9.53 Å². The van der Waals surface area contributed by atoms with Gasteiger partial charge < -0.3 is 10.1 Å². The fourth-order valence-corrected chi connectivity index (χ4v) is 1.79. The Morgan fingerprint density at radius 2 is 1.75 bits per heavy atom. The van der Waals surface area contributed by atoms with Crippen molar-refractivity contribution in [1.82, 2.24) is 0 Å². The molecule has 0 unspecified atom stereocenters. The van der Waals surface area contributed by atoms with Gasteiger partial charge in [0.25, 0.3) is 0 Å². The number of halogens is 5. The van der Waals surface area contributed by atoms with Crippen LogP contribution in [0.5, 0.6) is 0 Å². The SMILES string of the molecule is CCOC(=O)c1cc(Cl)c(NC(=O)C(F)(F)F)c(Cl)c1. The van der Waals surface area contributed by atoms with Gasteiger partial charge in [-0.2, -0.15) is 13.2 Å². The van der Waals surface area contributed by atoms with Crippen LogP contribution >= 0.6 is 23.2 Å². The van der Waals surface area contributed by atoms with Gasteiger partial charge in [0.05, 0.1) is 27.9 Å². The number of amides is 1. The molecule has 0 aliphatic heterocycles. The average Bonchev–Trinajstić information content (AvgIpc) is 2.32. The van der Waals surface area contributed by atoms with Gasteiger partial charge in [-0.05, 0) is 19.1 Å². The number of carbonyl (C=O) groups is 2. The van der Waals surface area contributed by atoms with Crippen molar-refractivity contribution in [3.63, 3.8) is 0 Å². The third kappa shape index (κ3) is 4.01. The van der Waals surface area contributed by atoms with Crippen molar-refractivity contribution in [2.24, 2.45) is 0 Å². The number of carbonyl (C=O) groups excluding carboxylic acids is 2. The molecule has 1 N–H and O–H groups in total. The summed E-state index contributed by atoms with van der Waals surface area (Å²) in [6.45, 7) is 1.69. The van der Waals surface area contributed by atoms with E-state index in [-0.39, 0.29) is 22.2 Å². The smallest absolute Gasteiger partial charge is 0.462 e. The van der Waals surface area contributed by atoms with Crippen molar-refractivity contribution >= 4 is 40.8 Å². The highest BCUT2D eigenvalue weighted by Gasteiger charge is 2.39. The summed E-state index contributed by atoms with van der Waals surface area (Å²) < 4.78 is 41.1. The summed E-state index contributed by atoms with van der Waals surface area (Å²) in [5.41, 5.74) is -0.462. The molecule has 1 rings (SSSR count). The van der Waals surface area contributed by atoms with E-state index >= 15 is 0 Å². The lowest BCUT2D eigenvalue weighted by Gasteiger charge is -2.12. The lowest BCUT2D eigenvalue weighted by atomic mass is 10.2. The normalized spacial score (nSPS) is 11.1. The zero-order chi connectivity index (χ0) is 15.5. The zero-order valence-corrected chi connectivity index (χ0v) is 11.5. The number of anilines is 1. The molecular weight excluding hydrogens is 322 g/mol. The number of rotatable bonds is 3. The quantitative estimate of drug-likeness (QED) is 0.861. The Morgan fingerprint density at radius 3 is 2.15 bits per heavy atom. The number of benzene rings is 1. The van der Waals surface area contributed by atoms with Gasteiger partial charge in [0, 0.05) is 0 Å². The summed E-state index contributed by atoms with van der Waals surface area (Å²) in [5.74, 6) is -2.95. The van der Waals surface area contributed by atoms with Crippen molar-refractivity contribution in [3.05, 3.63) is 27.7 Å². The molecule has 0 radical (unpaired) electrons. The van der Waals surface area contributed by atoms with E-state index in [1.807, 2.05) is 0 Å². The molecule has 110 valence electrons. The molecule has 0 fully saturated rings. The second kappa shape index (κ2) is 6.32. The van der Waals surface area contributed by atoms with E-state index in [1.54, 1.807) is 6.92 Å². The molecule has 4 nitrogen and oxygen atoms in total. The number of hydrogen-bond donors (Lipinski definition) is 1. The predicted molar refractivity (Wildman–Crippen MR) is 67.1 cm³/mol. The molecule has 0 aliphatic rings. The molecule has 0 saturated heterocycles. The van der Waals surface area contributed by atoms with Crippen LogP contribution in [0.15, 0.2) is 12.1 Å². The molecule has 0 heterocycles. The molecule has 1 aromatic rings. The standard InChI is InChI=1S/C11H8Cl2F3NO3/c1-2-20-9(18)5-3-6(12)8(7(13)4-5)17-10(19)11(14,15)16/h3-4H,2H2,1H3,(H,17,19). The summed E-state index contributed by atoms with van der Waals surface area (Å²) in [6, 6.07) is 2.11. The van der Waals surface area contributed by atoms with E-state index in [0.29, 0.717) is 0 Å². The first kappa shape index (κ1) is 16.6. The first-order chi connectivity index (χ1) is 9.16. The largest absolute Gasteiger partial charge is 0.471 e. The fourth-order valence-electron chi connectivity index (χ4n) is 1.21. The van der Waals surface area contributed by atoms with Gasteiger partial charge in [-0.1, -0.05) is 23.2 Å². The third-order valence-corrected chi connectivity index (χ3v) is 2.65. The van der Waals surface area contributed by atoms with Crippen LogP contribution in [0.4, 0.5) is 18.9 Å². The molecule has 0 saturated carbocycles. The Morgan fingerprint density at radius 1 is 1.25 bits per heavy atom. The Labute approximate surface area is 121 Å². The van der Waals surface area contributed by atoms with E-state index < -0.39 is 23.7 Å². The van der Waals surface area contributed by atoms with Crippen molar-refractivity contribution in [1.29, 1.82) is 0 Å². The zero-order valence-electron chi connectivity index (χ0n) is 9.98. The van der Waals surface area contributed by atoms with Crippen LogP contribution in [0.2, 0.25) is 10.0 Å². The van der Waals surface area contributed by atoms with Gasteiger partial charge in [0.2, 0.25) is 0 Å². The van der Waals surface area contributed by atoms with Crippen LogP contribution < -0.4 is 5.32 Å². The van der Waals surface area contributed by atoms with Crippen molar-refractivity contribution in [2.45, 2.75) is 13.1 Å². The molecule has 20 heavy (non-hydrogen) atoms. The van der Waals surface area contributed by atoms with Crippen molar-refractivity contribution < 1.29 is 27.5 Å². The number of hydrogen-bond acceptors (Lipinski definition) is 3. The minimum absolute atomic E-state index is 0.0353. The third-order valence-electron chi connectivity index (χ3n) is 2.05. The molecule has 0 spiro atoms. The molecule has 0 aliphatic carbocycles. The van der Waals surface area contributed by atoms with Crippen LogP contribution in [-0.4, -0.2) is 24.7 Å². The Kier molecular flexibility index (Phi) is 5.24. The van der Waals surface area contributed by atoms with E-state index in [1.165, 1.54) is 5.32 Å². The number of esters is 1. The molecule has 1 aromatic carbocycles. The molecule has 1 amide bonds. The predicted octanol–water partition coefficient (Wildman–Crippen LogP) is 3.67. The maximum absolute atomic E-state index is 12.1. The Hall–Kier alpha value is -1.47. The monoisotopic (exact) mass is 329 g/mol. The number of ether oxygens (including phenoxy) is 1. The lowest BCUT2D eigenvalue weighted by Crippen LogP contribution is -2.30. The van der Waals surface area contributed by atoms with Crippen molar-refractivity contribution in [2.75, 3.05) is 11.9 Å². The van der Waals surface area contributed by atoms with Crippen LogP contribution in [0.1, 0.15) is 17.3 Å². The summed E-state index contributed by atoms with van der Waals surface area (Å²) in [7, 11) is 0. The van der Waals surface area contributed by atoms with Crippen LogP contribution in [0.3, 0.4) is 0 Å². The van der Waals surface area contributed by atoms with Gasteiger partial charge >= 0.3 is 18.1 Å². The Balaban J connectivity index is 3.07. The van der Waals surface area contributed by atoms with Crippen LogP contribution in [0.25, 0.3) is 0 Å². The average molecular weight is 330 g/mol. The maximum Gasteiger partial charge on any atom is 0.471 e. The highest BCUT2D eigenvalue weighted by atomic mass is 35.5. The van der Waals surface area contributed by atoms with Gasteiger partial charge in [-0.25, -0.2) is 4.79 Å². The summed E-state index contributed by atoms with van der Waals surface area (Å²) in [4.78, 5) is 22.2. The van der Waals surface area contributed by atoms with E-state index in [0.717, 1.165) is 12.1 Å².